The van der Waals surface area contributed by atoms with Crippen LogP contribution in [0.3, 0.4) is 0 Å². The summed E-state index contributed by atoms with van der Waals surface area (Å²) in [5.41, 5.74) is 1.31. The van der Waals surface area contributed by atoms with Gasteiger partial charge in [-0.05, 0) is 37.8 Å². The molecule has 0 heterocycles. The highest BCUT2D eigenvalue weighted by Gasteiger charge is 2.10. The van der Waals surface area contributed by atoms with E-state index in [4.69, 9.17) is 4.74 Å². The maximum Gasteiger partial charge on any atom is 0.0641 e. The van der Waals surface area contributed by atoms with E-state index >= 15 is 0 Å². The quantitative estimate of drug-likeness (QED) is 0.111. The zero-order chi connectivity index (χ0) is 25.9. The molecule has 0 saturated carbocycles. The van der Waals surface area contributed by atoms with Crippen molar-refractivity contribution in [3.05, 3.63) is 30.3 Å². The van der Waals surface area contributed by atoms with E-state index in [0.29, 0.717) is 0 Å². The number of anilines is 1. The summed E-state index contributed by atoms with van der Waals surface area (Å²) < 4.78 is 6.27. The molecule has 0 aliphatic carbocycles. The molecular weight excluding hydrogens is 438 g/mol. The fraction of sp³-hybridized carbons (Fsp3) is 0.824. The molecule has 2 heteroatoms. The molecule has 1 rings (SSSR count). The summed E-state index contributed by atoms with van der Waals surface area (Å²) in [5.74, 6) is 0.755. The van der Waals surface area contributed by atoms with Crippen molar-refractivity contribution >= 4 is 5.69 Å². The molecule has 0 bridgehead atoms. The zero-order valence-electron chi connectivity index (χ0n) is 24.8. The van der Waals surface area contributed by atoms with Crippen molar-refractivity contribution in [2.24, 2.45) is 5.92 Å². The van der Waals surface area contributed by atoms with E-state index in [0.717, 1.165) is 32.2 Å². The first-order valence-electron chi connectivity index (χ1n) is 16.2. The van der Waals surface area contributed by atoms with Gasteiger partial charge in [0.15, 0.2) is 0 Å². The minimum Gasteiger partial charge on any atom is -0.379 e. The minimum absolute atomic E-state index is 0.755. The fourth-order valence-electron chi connectivity index (χ4n) is 5.33. The molecule has 0 aliphatic heterocycles. The first kappa shape index (κ1) is 33.0. The summed E-state index contributed by atoms with van der Waals surface area (Å²) in [6, 6.07) is 10.8. The Morgan fingerprint density at radius 2 is 1.03 bits per heavy atom. The van der Waals surface area contributed by atoms with Gasteiger partial charge >= 0.3 is 0 Å². The maximum absolute atomic E-state index is 6.27. The van der Waals surface area contributed by atoms with Crippen molar-refractivity contribution in [1.29, 1.82) is 0 Å². The number of rotatable bonds is 27. The van der Waals surface area contributed by atoms with E-state index in [9.17, 15) is 0 Å². The summed E-state index contributed by atoms with van der Waals surface area (Å²) in [6.07, 6.45) is 28.3. The lowest BCUT2D eigenvalue weighted by atomic mass is 9.94. The average Bonchev–Trinajstić information content (AvgIpc) is 2.91. The second-order valence-corrected chi connectivity index (χ2v) is 11.1. The number of unbranched alkanes of at least 4 members (excludes halogenated alkanes) is 16. The van der Waals surface area contributed by atoms with Crippen LogP contribution in [0.25, 0.3) is 0 Å². The molecule has 1 atom stereocenters. The Hall–Kier alpha value is -1.02. The second-order valence-electron chi connectivity index (χ2n) is 11.1. The van der Waals surface area contributed by atoms with E-state index in [1.807, 2.05) is 0 Å². The first-order valence-corrected chi connectivity index (χ1v) is 16.2. The molecule has 36 heavy (non-hydrogen) atoms. The number of nitrogens with zero attached hydrogens (tertiary/aromatic N) is 1. The van der Waals surface area contributed by atoms with Crippen LogP contribution in [0.1, 0.15) is 149 Å². The third-order valence-electron chi connectivity index (χ3n) is 7.79. The predicted molar refractivity (Wildman–Crippen MR) is 162 cm³/mol. The van der Waals surface area contributed by atoms with Gasteiger partial charge in [-0.25, -0.2) is 0 Å². The Bertz CT molecular complexity index is 545. The lowest BCUT2D eigenvalue weighted by Gasteiger charge is -2.24. The van der Waals surface area contributed by atoms with E-state index in [1.54, 1.807) is 0 Å². The van der Waals surface area contributed by atoms with Gasteiger partial charge in [0.25, 0.3) is 0 Å². The molecule has 1 aromatic carbocycles. The number of ether oxygens (including phenoxy) is 1. The summed E-state index contributed by atoms with van der Waals surface area (Å²) in [7, 11) is 0. The monoisotopic (exact) mass is 501 g/mol. The summed E-state index contributed by atoms with van der Waals surface area (Å²) in [4.78, 5) is 2.43. The van der Waals surface area contributed by atoms with Crippen LogP contribution in [0.2, 0.25) is 0 Å². The van der Waals surface area contributed by atoms with Crippen LogP contribution in [0, 0.1) is 5.92 Å². The Labute approximate surface area is 227 Å². The van der Waals surface area contributed by atoms with E-state index in [-0.39, 0.29) is 0 Å². The highest BCUT2D eigenvalue weighted by Crippen LogP contribution is 2.21. The number of para-hydroxylation sites is 1. The van der Waals surface area contributed by atoms with Crippen molar-refractivity contribution in [1.82, 2.24) is 0 Å². The van der Waals surface area contributed by atoms with E-state index in [2.05, 4.69) is 56.0 Å². The number of benzene rings is 1. The molecule has 0 radical (unpaired) electrons. The van der Waals surface area contributed by atoms with Crippen molar-refractivity contribution in [3.8, 4) is 0 Å². The number of hydrogen-bond donors (Lipinski definition) is 0. The molecule has 2 nitrogen and oxygen atoms in total. The van der Waals surface area contributed by atoms with Crippen LogP contribution in [0.15, 0.2) is 30.3 Å². The highest BCUT2D eigenvalue weighted by molar-refractivity contribution is 5.45. The first-order chi connectivity index (χ1) is 17.8. The van der Waals surface area contributed by atoms with Crippen molar-refractivity contribution in [2.75, 3.05) is 31.2 Å². The van der Waals surface area contributed by atoms with Gasteiger partial charge < -0.3 is 9.64 Å². The maximum atomic E-state index is 6.27. The van der Waals surface area contributed by atoms with Crippen LogP contribution < -0.4 is 4.90 Å². The van der Waals surface area contributed by atoms with Crippen LogP contribution >= 0.6 is 0 Å². The molecule has 1 aromatic rings. The lowest BCUT2D eigenvalue weighted by molar-refractivity contribution is 0.0957. The van der Waals surface area contributed by atoms with Crippen molar-refractivity contribution < 1.29 is 4.74 Å². The summed E-state index contributed by atoms with van der Waals surface area (Å²) in [5, 5.41) is 0. The molecule has 0 aliphatic rings. The van der Waals surface area contributed by atoms with Gasteiger partial charge in [0, 0.05) is 25.4 Å². The molecule has 0 aromatic heterocycles. The van der Waals surface area contributed by atoms with Crippen molar-refractivity contribution in [2.45, 2.75) is 149 Å². The molecule has 0 fully saturated rings. The third kappa shape index (κ3) is 19.1. The smallest absolute Gasteiger partial charge is 0.0641 e. The third-order valence-corrected chi connectivity index (χ3v) is 7.79. The van der Waals surface area contributed by atoms with Gasteiger partial charge in [-0.3, -0.25) is 0 Å². The lowest BCUT2D eigenvalue weighted by Crippen LogP contribution is -2.27. The molecule has 210 valence electrons. The number of likely N-dealkylation sites (N-methyl/N-ethyl adjacent to an activating group) is 1. The van der Waals surface area contributed by atoms with Gasteiger partial charge in [-0.15, -0.1) is 0 Å². The SMILES string of the molecule is CCCCCCCCCCCCC(CCCCCCCCCC)COCCN(CC)c1ccccc1. The topological polar surface area (TPSA) is 12.5 Å². The summed E-state index contributed by atoms with van der Waals surface area (Å²) >= 11 is 0. The van der Waals surface area contributed by atoms with Gasteiger partial charge in [0.05, 0.1) is 6.61 Å². The highest BCUT2D eigenvalue weighted by atomic mass is 16.5. The molecule has 1 unspecified atom stereocenters. The van der Waals surface area contributed by atoms with E-state index in [1.165, 1.54) is 134 Å². The molecular formula is C34H63NO. The standard InChI is InChI=1S/C34H63NO/c1-4-7-9-11-13-15-16-18-20-23-27-33(26-22-19-17-14-12-10-8-5-2)32-36-31-30-35(6-3)34-28-24-21-25-29-34/h21,24-25,28-29,33H,4-20,22-23,26-27,30-32H2,1-3H3. The molecule has 0 saturated heterocycles. The van der Waals surface area contributed by atoms with Gasteiger partial charge in [-0.2, -0.15) is 0 Å². The Kier molecular flexibility index (Phi) is 23.5. The predicted octanol–water partition coefficient (Wildman–Crippen LogP) is 11.0. The van der Waals surface area contributed by atoms with Crippen LogP contribution in [-0.2, 0) is 4.74 Å². The van der Waals surface area contributed by atoms with Crippen LogP contribution in [-0.4, -0.2) is 26.3 Å². The Morgan fingerprint density at radius 1 is 0.583 bits per heavy atom. The van der Waals surface area contributed by atoms with Gasteiger partial charge in [0.2, 0.25) is 0 Å². The van der Waals surface area contributed by atoms with Crippen LogP contribution in [0.4, 0.5) is 5.69 Å². The Balaban J connectivity index is 2.24. The van der Waals surface area contributed by atoms with Gasteiger partial charge in [0.1, 0.15) is 0 Å². The van der Waals surface area contributed by atoms with Gasteiger partial charge in [-0.1, -0.05) is 148 Å². The molecule has 0 amide bonds. The largest absolute Gasteiger partial charge is 0.379 e. The summed E-state index contributed by atoms with van der Waals surface area (Å²) in [6.45, 7) is 10.7. The normalized spacial score (nSPS) is 12.2. The van der Waals surface area contributed by atoms with Crippen molar-refractivity contribution in [3.63, 3.8) is 0 Å². The second kappa shape index (κ2) is 25.6. The molecule has 0 N–H and O–H groups in total. The zero-order valence-corrected chi connectivity index (χ0v) is 24.8. The molecule has 0 spiro atoms. The minimum atomic E-state index is 0.755. The van der Waals surface area contributed by atoms with E-state index < -0.39 is 0 Å². The van der Waals surface area contributed by atoms with Crippen LogP contribution in [0.5, 0.6) is 0 Å². The Morgan fingerprint density at radius 3 is 1.47 bits per heavy atom. The fourth-order valence-corrected chi connectivity index (χ4v) is 5.33. The number of hydrogen-bond acceptors (Lipinski definition) is 2. The average molecular weight is 502 g/mol.